The van der Waals surface area contributed by atoms with Crippen molar-refractivity contribution < 1.29 is 14.3 Å². The summed E-state index contributed by atoms with van der Waals surface area (Å²) in [6, 6.07) is 4.66. The average molecular weight is 266 g/mol. The molecule has 104 valence electrons. The molecular weight excluding hydrogens is 247 g/mol. The standard InChI is InChI=1S/C14H19FN2O2/c1-14(2)13(19)16(3)7-8-17(14)12-6-4-5-11(15)10(12)9-18/h4-6,18H,7-9H2,1-3H3. The SMILES string of the molecule is CN1CCN(c2cccc(F)c2CO)C(C)(C)C1=O. The van der Waals surface area contributed by atoms with Gasteiger partial charge in [0, 0.05) is 31.4 Å². The van der Waals surface area contributed by atoms with Crippen LogP contribution in [0.1, 0.15) is 19.4 Å². The summed E-state index contributed by atoms with van der Waals surface area (Å²) >= 11 is 0. The highest BCUT2D eigenvalue weighted by molar-refractivity contribution is 5.90. The summed E-state index contributed by atoms with van der Waals surface area (Å²) in [5, 5.41) is 9.36. The molecule has 1 aromatic rings. The van der Waals surface area contributed by atoms with Gasteiger partial charge in [0.2, 0.25) is 5.91 Å². The third-order valence-corrected chi connectivity index (χ3v) is 3.75. The zero-order valence-corrected chi connectivity index (χ0v) is 11.5. The summed E-state index contributed by atoms with van der Waals surface area (Å²) in [4.78, 5) is 15.8. The molecule has 1 fully saturated rings. The Hall–Kier alpha value is -1.62. The first-order valence-corrected chi connectivity index (χ1v) is 6.31. The minimum absolute atomic E-state index is 0.00750. The predicted octanol–water partition coefficient (Wildman–Crippen LogP) is 1.38. The molecule has 0 radical (unpaired) electrons. The number of halogens is 1. The Morgan fingerprint density at radius 3 is 2.68 bits per heavy atom. The quantitative estimate of drug-likeness (QED) is 0.879. The summed E-state index contributed by atoms with van der Waals surface area (Å²) in [6.07, 6.45) is 0. The van der Waals surface area contributed by atoms with E-state index in [4.69, 9.17) is 0 Å². The van der Waals surface area contributed by atoms with Crippen LogP contribution in [0.4, 0.5) is 10.1 Å². The van der Waals surface area contributed by atoms with Gasteiger partial charge in [0.1, 0.15) is 11.4 Å². The van der Waals surface area contributed by atoms with E-state index in [2.05, 4.69) is 0 Å². The molecule has 1 aromatic carbocycles. The smallest absolute Gasteiger partial charge is 0.247 e. The Kier molecular flexibility index (Phi) is 3.49. The van der Waals surface area contributed by atoms with Crippen LogP contribution >= 0.6 is 0 Å². The summed E-state index contributed by atoms with van der Waals surface area (Å²) in [5.41, 5.74) is 0.0897. The highest BCUT2D eigenvalue weighted by atomic mass is 19.1. The molecule has 1 amide bonds. The van der Waals surface area contributed by atoms with Crippen molar-refractivity contribution in [2.45, 2.75) is 26.0 Å². The zero-order valence-electron chi connectivity index (χ0n) is 11.5. The minimum Gasteiger partial charge on any atom is -0.391 e. The van der Waals surface area contributed by atoms with Gasteiger partial charge in [0.05, 0.1) is 6.61 Å². The topological polar surface area (TPSA) is 43.8 Å². The molecular formula is C14H19FN2O2. The Morgan fingerprint density at radius 1 is 1.37 bits per heavy atom. The molecule has 0 atom stereocenters. The van der Waals surface area contributed by atoms with Crippen LogP contribution in [0.15, 0.2) is 18.2 Å². The molecule has 1 saturated heterocycles. The first kappa shape index (κ1) is 13.8. The van der Waals surface area contributed by atoms with E-state index in [9.17, 15) is 14.3 Å². The molecule has 0 saturated carbocycles. The zero-order chi connectivity index (χ0) is 14.2. The largest absolute Gasteiger partial charge is 0.391 e. The lowest BCUT2D eigenvalue weighted by Gasteiger charge is -2.46. The van der Waals surface area contributed by atoms with Crippen molar-refractivity contribution >= 4 is 11.6 Å². The van der Waals surface area contributed by atoms with Gasteiger partial charge in [-0.05, 0) is 26.0 Å². The number of likely N-dealkylation sites (N-methyl/N-ethyl adjacent to an activating group) is 1. The molecule has 1 aliphatic heterocycles. The number of anilines is 1. The first-order chi connectivity index (χ1) is 8.89. The van der Waals surface area contributed by atoms with E-state index in [-0.39, 0.29) is 18.1 Å². The van der Waals surface area contributed by atoms with Crippen molar-refractivity contribution in [3.63, 3.8) is 0 Å². The third-order valence-electron chi connectivity index (χ3n) is 3.75. The lowest BCUT2D eigenvalue weighted by Crippen LogP contribution is -2.62. The van der Waals surface area contributed by atoms with E-state index in [0.717, 1.165) is 0 Å². The highest BCUT2D eigenvalue weighted by Crippen LogP contribution is 2.32. The number of nitrogens with zero attached hydrogens (tertiary/aromatic N) is 2. The van der Waals surface area contributed by atoms with Crippen LogP contribution in [-0.4, -0.2) is 41.6 Å². The van der Waals surface area contributed by atoms with E-state index in [1.165, 1.54) is 6.07 Å². The van der Waals surface area contributed by atoms with E-state index in [1.54, 1.807) is 24.1 Å². The Labute approximate surface area is 112 Å². The second kappa shape index (κ2) is 4.81. The number of rotatable bonds is 2. The maximum absolute atomic E-state index is 13.7. The molecule has 2 rings (SSSR count). The number of carbonyl (C=O) groups is 1. The molecule has 5 heteroatoms. The van der Waals surface area contributed by atoms with Gasteiger partial charge in [-0.15, -0.1) is 0 Å². The number of carbonyl (C=O) groups excluding carboxylic acids is 1. The molecule has 0 bridgehead atoms. The predicted molar refractivity (Wildman–Crippen MR) is 71.4 cm³/mol. The Morgan fingerprint density at radius 2 is 2.05 bits per heavy atom. The van der Waals surface area contributed by atoms with E-state index >= 15 is 0 Å². The molecule has 0 aliphatic carbocycles. The molecule has 0 spiro atoms. The number of benzene rings is 1. The van der Waals surface area contributed by atoms with Gasteiger partial charge in [0.15, 0.2) is 0 Å². The van der Waals surface area contributed by atoms with Gasteiger partial charge in [0.25, 0.3) is 0 Å². The molecule has 1 aliphatic rings. The lowest BCUT2D eigenvalue weighted by molar-refractivity contribution is -0.136. The van der Waals surface area contributed by atoms with Crippen molar-refractivity contribution in [1.82, 2.24) is 4.90 Å². The van der Waals surface area contributed by atoms with Crippen molar-refractivity contribution in [1.29, 1.82) is 0 Å². The normalized spacial score (nSPS) is 18.9. The van der Waals surface area contributed by atoms with E-state index in [0.29, 0.717) is 18.8 Å². The number of amides is 1. The van der Waals surface area contributed by atoms with Crippen LogP contribution in [0, 0.1) is 5.82 Å². The molecule has 4 nitrogen and oxygen atoms in total. The summed E-state index contributed by atoms with van der Waals surface area (Å²) in [7, 11) is 1.76. The number of hydrogen-bond donors (Lipinski definition) is 1. The van der Waals surface area contributed by atoms with Crippen LogP contribution in [0.2, 0.25) is 0 Å². The number of aliphatic hydroxyl groups is 1. The van der Waals surface area contributed by atoms with Crippen molar-refractivity contribution in [3.8, 4) is 0 Å². The maximum atomic E-state index is 13.7. The first-order valence-electron chi connectivity index (χ1n) is 6.31. The van der Waals surface area contributed by atoms with Crippen molar-refractivity contribution in [3.05, 3.63) is 29.6 Å². The molecule has 0 aromatic heterocycles. The minimum atomic E-state index is -0.745. The fraction of sp³-hybridized carbons (Fsp3) is 0.500. The lowest BCUT2D eigenvalue weighted by atomic mass is 9.95. The Bertz CT molecular complexity index is 502. The van der Waals surface area contributed by atoms with Gasteiger partial charge < -0.3 is 14.9 Å². The van der Waals surface area contributed by atoms with Gasteiger partial charge in [-0.1, -0.05) is 6.07 Å². The number of hydrogen-bond acceptors (Lipinski definition) is 3. The van der Waals surface area contributed by atoms with Crippen LogP contribution in [0.5, 0.6) is 0 Å². The molecule has 0 unspecified atom stereocenters. The monoisotopic (exact) mass is 266 g/mol. The summed E-state index contributed by atoms with van der Waals surface area (Å²) in [6.45, 7) is 4.46. The second-order valence-electron chi connectivity index (χ2n) is 5.33. The van der Waals surface area contributed by atoms with Gasteiger partial charge in [-0.2, -0.15) is 0 Å². The molecule has 19 heavy (non-hydrogen) atoms. The number of piperazine rings is 1. The van der Waals surface area contributed by atoms with Gasteiger partial charge in [-0.25, -0.2) is 4.39 Å². The van der Waals surface area contributed by atoms with Crippen LogP contribution in [-0.2, 0) is 11.4 Å². The Balaban J connectivity index is 2.47. The van der Waals surface area contributed by atoms with Gasteiger partial charge in [-0.3, -0.25) is 4.79 Å². The fourth-order valence-electron chi connectivity index (χ4n) is 2.59. The summed E-state index contributed by atoms with van der Waals surface area (Å²) < 4.78 is 13.7. The summed E-state index contributed by atoms with van der Waals surface area (Å²) in [5.74, 6) is -0.450. The maximum Gasteiger partial charge on any atom is 0.247 e. The van der Waals surface area contributed by atoms with Crippen LogP contribution in [0.3, 0.4) is 0 Å². The third kappa shape index (κ3) is 2.18. The molecule has 1 N–H and O–H groups in total. The second-order valence-corrected chi connectivity index (χ2v) is 5.33. The van der Waals surface area contributed by atoms with Gasteiger partial charge >= 0.3 is 0 Å². The van der Waals surface area contributed by atoms with E-state index in [1.807, 2.05) is 18.7 Å². The van der Waals surface area contributed by atoms with Crippen molar-refractivity contribution in [2.75, 3.05) is 25.0 Å². The highest BCUT2D eigenvalue weighted by Gasteiger charge is 2.41. The van der Waals surface area contributed by atoms with Crippen molar-refractivity contribution in [2.24, 2.45) is 0 Å². The molecule has 1 heterocycles. The number of aliphatic hydroxyl groups excluding tert-OH is 1. The van der Waals surface area contributed by atoms with Crippen LogP contribution < -0.4 is 4.90 Å². The average Bonchev–Trinajstić information content (AvgIpc) is 2.36. The van der Waals surface area contributed by atoms with Crippen LogP contribution in [0.25, 0.3) is 0 Å². The van der Waals surface area contributed by atoms with E-state index < -0.39 is 11.4 Å². The fourth-order valence-corrected chi connectivity index (χ4v) is 2.59.